The second-order valence-electron chi connectivity index (χ2n) is 7.80. The molecule has 0 heterocycles. The molecular formula is C25H28N2O5S. The third kappa shape index (κ3) is 5.64. The van der Waals surface area contributed by atoms with Gasteiger partial charge in [-0.05, 0) is 61.4 Å². The second kappa shape index (κ2) is 9.95. The predicted octanol–water partition coefficient (Wildman–Crippen LogP) is 4.39. The first-order chi connectivity index (χ1) is 15.6. The van der Waals surface area contributed by atoms with Crippen LogP contribution in [0.1, 0.15) is 27.0 Å². The van der Waals surface area contributed by atoms with Crippen molar-refractivity contribution in [1.82, 2.24) is 4.90 Å². The number of nitrogens with one attached hydrogen (secondary N) is 1. The van der Waals surface area contributed by atoms with E-state index in [1.165, 1.54) is 11.0 Å². The standard InChI is InChI=1S/C25H28N2O5S/c1-17-6-11-21(12-7-17)26-33(29,30)24-15-20(10-8-18(24)2)25(28)27(3)16-19-9-13-22(31-4)23(14-19)32-5/h6-15,26H,16H2,1-5H3. The lowest BCUT2D eigenvalue weighted by molar-refractivity contribution is 0.0784. The van der Waals surface area contributed by atoms with Gasteiger partial charge in [0.1, 0.15) is 0 Å². The van der Waals surface area contributed by atoms with Gasteiger partial charge in [-0.25, -0.2) is 8.42 Å². The molecule has 0 aliphatic heterocycles. The van der Waals surface area contributed by atoms with Gasteiger partial charge in [0.05, 0.1) is 19.1 Å². The van der Waals surface area contributed by atoms with Crippen LogP contribution in [0, 0.1) is 13.8 Å². The summed E-state index contributed by atoms with van der Waals surface area (Å²) in [6.45, 7) is 3.94. The van der Waals surface area contributed by atoms with Crippen molar-refractivity contribution in [3.63, 3.8) is 0 Å². The Morgan fingerprint density at radius 3 is 2.21 bits per heavy atom. The number of rotatable bonds is 8. The fraction of sp³-hybridized carbons (Fsp3) is 0.240. The number of sulfonamides is 1. The van der Waals surface area contributed by atoms with Gasteiger partial charge >= 0.3 is 0 Å². The van der Waals surface area contributed by atoms with Crippen molar-refractivity contribution >= 4 is 21.6 Å². The summed E-state index contributed by atoms with van der Waals surface area (Å²) in [7, 11) is 0.909. The largest absolute Gasteiger partial charge is 0.493 e. The smallest absolute Gasteiger partial charge is 0.262 e. The summed E-state index contributed by atoms with van der Waals surface area (Å²) in [5.74, 6) is 0.878. The molecule has 0 bridgehead atoms. The predicted molar refractivity (Wildman–Crippen MR) is 129 cm³/mol. The number of methoxy groups -OCH3 is 2. The summed E-state index contributed by atoms with van der Waals surface area (Å²) in [6, 6.07) is 17.2. The van der Waals surface area contributed by atoms with E-state index in [1.54, 1.807) is 64.6 Å². The number of amides is 1. The van der Waals surface area contributed by atoms with Gasteiger partial charge in [-0.1, -0.05) is 29.8 Å². The lowest BCUT2D eigenvalue weighted by atomic mass is 10.1. The normalized spacial score (nSPS) is 11.1. The Labute approximate surface area is 195 Å². The van der Waals surface area contributed by atoms with Crippen LogP contribution in [0.15, 0.2) is 65.6 Å². The van der Waals surface area contributed by atoms with Crippen LogP contribution in [0.25, 0.3) is 0 Å². The third-order valence-corrected chi connectivity index (χ3v) is 6.77. The number of ether oxygens (including phenoxy) is 2. The van der Waals surface area contributed by atoms with Crippen molar-refractivity contribution in [2.24, 2.45) is 0 Å². The Balaban J connectivity index is 1.83. The Bertz CT molecular complexity index is 1250. The highest BCUT2D eigenvalue weighted by molar-refractivity contribution is 7.92. The first-order valence-electron chi connectivity index (χ1n) is 10.3. The molecule has 0 atom stereocenters. The molecule has 8 heteroatoms. The topological polar surface area (TPSA) is 84.9 Å². The molecule has 1 amide bonds. The maximum Gasteiger partial charge on any atom is 0.262 e. The molecule has 0 radical (unpaired) electrons. The summed E-state index contributed by atoms with van der Waals surface area (Å²) < 4.78 is 39.2. The molecule has 0 saturated carbocycles. The maximum absolute atomic E-state index is 13.1. The molecule has 33 heavy (non-hydrogen) atoms. The first-order valence-corrected chi connectivity index (χ1v) is 11.8. The third-order valence-electron chi connectivity index (χ3n) is 5.24. The van der Waals surface area contributed by atoms with Gasteiger partial charge in [-0.15, -0.1) is 0 Å². The fourth-order valence-electron chi connectivity index (χ4n) is 3.40. The van der Waals surface area contributed by atoms with Crippen LogP contribution in [0.2, 0.25) is 0 Å². The minimum absolute atomic E-state index is 0.0634. The summed E-state index contributed by atoms with van der Waals surface area (Å²) in [5.41, 5.74) is 3.17. The molecule has 0 unspecified atom stereocenters. The minimum Gasteiger partial charge on any atom is -0.493 e. The molecule has 1 N–H and O–H groups in total. The zero-order valence-corrected chi connectivity index (χ0v) is 20.2. The van der Waals surface area contributed by atoms with E-state index in [9.17, 15) is 13.2 Å². The Morgan fingerprint density at radius 1 is 0.909 bits per heavy atom. The van der Waals surface area contributed by atoms with Gasteiger partial charge in [0.2, 0.25) is 0 Å². The molecule has 0 spiro atoms. The van der Waals surface area contributed by atoms with Gasteiger partial charge in [-0.3, -0.25) is 9.52 Å². The van der Waals surface area contributed by atoms with E-state index >= 15 is 0 Å². The molecule has 0 aromatic heterocycles. The molecule has 0 saturated heterocycles. The van der Waals surface area contributed by atoms with E-state index in [1.807, 2.05) is 25.1 Å². The monoisotopic (exact) mass is 468 g/mol. The van der Waals surface area contributed by atoms with Crippen LogP contribution in [-0.2, 0) is 16.6 Å². The van der Waals surface area contributed by atoms with Crippen molar-refractivity contribution in [3.05, 3.63) is 82.9 Å². The SMILES string of the molecule is COc1ccc(CN(C)C(=O)c2ccc(C)c(S(=O)(=O)Nc3ccc(C)cc3)c2)cc1OC. The van der Waals surface area contributed by atoms with Gasteiger partial charge < -0.3 is 14.4 Å². The van der Waals surface area contributed by atoms with E-state index < -0.39 is 10.0 Å². The van der Waals surface area contributed by atoms with Gasteiger partial charge in [0.15, 0.2) is 11.5 Å². The van der Waals surface area contributed by atoms with Crippen molar-refractivity contribution < 1.29 is 22.7 Å². The molecule has 174 valence electrons. The molecule has 0 fully saturated rings. The molecule has 7 nitrogen and oxygen atoms in total. The summed E-state index contributed by atoms with van der Waals surface area (Å²) >= 11 is 0. The van der Waals surface area contributed by atoms with Crippen LogP contribution in [0.3, 0.4) is 0 Å². The average molecular weight is 469 g/mol. The number of hydrogen-bond acceptors (Lipinski definition) is 5. The highest BCUT2D eigenvalue weighted by Gasteiger charge is 2.21. The molecule has 0 aliphatic rings. The zero-order valence-electron chi connectivity index (χ0n) is 19.4. The Hall–Kier alpha value is -3.52. The van der Waals surface area contributed by atoms with Crippen molar-refractivity contribution in [2.45, 2.75) is 25.3 Å². The molecule has 3 rings (SSSR count). The van der Waals surface area contributed by atoms with Crippen LogP contribution in [0.4, 0.5) is 5.69 Å². The van der Waals surface area contributed by atoms with E-state index in [0.29, 0.717) is 29.3 Å². The van der Waals surface area contributed by atoms with Crippen molar-refractivity contribution in [2.75, 3.05) is 26.0 Å². The van der Waals surface area contributed by atoms with Gasteiger partial charge in [0.25, 0.3) is 15.9 Å². The quantitative estimate of drug-likeness (QED) is 0.530. The molecule has 3 aromatic carbocycles. The van der Waals surface area contributed by atoms with Crippen LogP contribution < -0.4 is 14.2 Å². The number of anilines is 1. The van der Waals surface area contributed by atoms with E-state index in [-0.39, 0.29) is 16.4 Å². The number of benzene rings is 3. The summed E-state index contributed by atoms with van der Waals surface area (Å²) in [6.07, 6.45) is 0. The lowest BCUT2D eigenvalue weighted by Gasteiger charge is -2.19. The molecular weight excluding hydrogens is 440 g/mol. The van der Waals surface area contributed by atoms with Crippen LogP contribution in [0.5, 0.6) is 11.5 Å². The van der Waals surface area contributed by atoms with Crippen LogP contribution in [-0.4, -0.2) is 40.5 Å². The van der Waals surface area contributed by atoms with Gasteiger partial charge in [0, 0.05) is 24.8 Å². The number of hydrogen-bond donors (Lipinski definition) is 1. The second-order valence-corrected chi connectivity index (χ2v) is 9.45. The fourth-order valence-corrected chi connectivity index (χ4v) is 4.73. The summed E-state index contributed by atoms with van der Waals surface area (Å²) in [4.78, 5) is 14.7. The highest BCUT2D eigenvalue weighted by atomic mass is 32.2. The number of aryl methyl sites for hydroxylation is 2. The minimum atomic E-state index is -3.87. The summed E-state index contributed by atoms with van der Waals surface area (Å²) in [5, 5.41) is 0. The lowest BCUT2D eigenvalue weighted by Crippen LogP contribution is -2.26. The average Bonchev–Trinajstić information content (AvgIpc) is 2.80. The molecule has 3 aromatic rings. The van der Waals surface area contributed by atoms with E-state index in [0.717, 1.165) is 11.1 Å². The van der Waals surface area contributed by atoms with Crippen molar-refractivity contribution in [1.29, 1.82) is 0 Å². The zero-order chi connectivity index (χ0) is 24.2. The first kappa shape index (κ1) is 24.1. The number of carbonyl (C=O) groups excluding carboxylic acids is 1. The number of carbonyl (C=O) groups is 1. The number of nitrogens with zero attached hydrogens (tertiary/aromatic N) is 1. The van der Waals surface area contributed by atoms with E-state index in [2.05, 4.69) is 4.72 Å². The Kier molecular flexibility index (Phi) is 7.28. The van der Waals surface area contributed by atoms with Crippen LogP contribution >= 0.6 is 0 Å². The Morgan fingerprint density at radius 2 is 1.58 bits per heavy atom. The van der Waals surface area contributed by atoms with E-state index in [4.69, 9.17) is 9.47 Å². The van der Waals surface area contributed by atoms with Gasteiger partial charge in [-0.2, -0.15) is 0 Å². The highest BCUT2D eigenvalue weighted by Crippen LogP contribution is 2.28. The maximum atomic E-state index is 13.1. The molecule has 0 aliphatic carbocycles. The van der Waals surface area contributed by atoms with Crippen molar-refractivity contribution in [3.8, 4) is 11.5 Å².